The molecule has 2 aliphatic heterocycles. The summed E-state index contributed by atoms with van der Waals surface area (Å²) in [6, 6.07) is -1.47. The maximum Gasteiger partial charge on any atom is 0.398 e. The van der Waals surface area contributed by atoms with Crippen LogP contribution in [0.1, 0.15) is 91.4 Å². The maximum atomic E-state index is 14.0. The van der Waals surface area contributed by atoms with E-state index in [9.17, 15) is 79.6 Å². The molecule has 0 spiro atoms. The first-order chi connectivity index (χ1) is 33.0. The van der Waals surface area contributed by atoms with Crippen molar-refractivity contribution in [1.29, 1.82) is 0 Å². The van der Waals surface area contributed by atoms with E-state index in [0.29, 0.717) is 0 Å². The molecule has 0 aromatic carbocycles. The Morgan fingerprint density at radius 2 is 1.44 bits per heavy atom. The molecule has 32 heteroatoms. The molecule has 11 N–H and O–H groups in total. The van der Waals surface area contributed by atoms with Crippen LogP contribution in [0.15, 0.2) is 0 Å². The van der Waals surface area contributed by atoms with E-state index >= 15 is 0 Å². The van der Waals surface area contributed by atoms with E-state index < -0.39 is 178 Å². The van der Waals surface area contributed by atoms with Gasteiger partial charge in [0.1, 0.15) is 54.6 Å². The van der Waals surface area contributed by atoms with Gasteiger partial charge < -0.3 is 65.0 Å². The molecular formula is C39H66N2O27S3. The number of carbonyl (C=O) groups excluding carboxylic acids is 3. The highest BCUT2D eigenvalue weighted by Crippen LogP contribution is 2.40. The average molecular weight is 1090 g/mol. The van der Waals surface area contributed by atoms with Gasteiger partial charge in [0.2, 0.25) is 5.91 Å². The summed E-state index contributed by atoms with van der Waals surface area (Å²) in [5.41, 5.74) is 0. The van der Waals surface area contributed by atoms with Crippen LogP contribution in [0.3, 0.4) is 0 Å². The van der Waals surface area contributed by atoms with Crippen molar-refractivity contribution in [3.8, 4) is 0 Å². The van der Waals surface area contributed by atoms with Crippen molar-refractivity contribution < 1.29 is 125 Å². The van der Waals surface area contributed by atoms with Crippen LogP contribution in [0.2, 0.25) is 0 Å². The van der Waals surface area contributed by atoms with E-state index in [1.807, 2.05) is 0 Å². The van der Waals surface area contributed by atoms with Crippen LogP contribution in [0.4, 0.5) is 0 Å². The van der Waals surface area contributed by atoms with Gasteiger partial charge in [0.15, 0.2) is 24.8 Å². The van der Waals surface area contributed by atoms with Crippen LogP contribution in [0, 0.1) is 17.8 Å². The Balaban J connectivity index is 1.61. The molecule has 2 saturated heterocycles. The fourth-order valence-corrected chi connectivity index (χ4v) is 10.5. The van der Waals surface area contributed by atoms with Crippen LogP contribution >= 0.6 is 0 Å². The number of rotatable bonds is 26. The number of amides is 2. The summed E-state index contributed by atoms with van der Waals surface area (Å²) in [5, 5.41) is 68.7. The number of hydrogen-bond donors (Lipinski definition) is 11. The summed E-state index contributed by atoms with van der Waals surface area (Å²) in [6.45, 7) is 1.23. The number of hydrogen-bond acceptors (Lipinski definition) is 23. The Labute approximate surface area is 410 Å². The van der Waals surface area contributed by atoms with Gasteiger partial charge in [-0.2, -0.15) is 25.3 Å². The Morgan fingerprint density at radius 3 is 2.00 bits per heavy atom. The molecule has 0 radical (unpaired) electrons. The van der Waals surface area contributed by atoms with Crippen molar-refractivity contribution in [3.63, 3.8) is 0 Å². The molecule has 4 aliphatic rings. The van der Waals surface area contributed by atoms with Crippen molar-refractivity contribution in [2.75, 3.05) is 19.8 Å². The standard InChI is InChI=1S/C39H66N2O27S3/c1-4-21-14-22(23(44)11-8-12-40-36(49)34(68-71(58,59)60)27(67-70(55,56)57)17-61-69(52,53)54)15-24(33(21)66-39-32(48)31(47)29(45)18(2)62-39)64-38-28(41-19(3)43)35(30(46)26(16-42)65-38)63-25(37(50)51)13-20-9-6-5-7-10-20/h18,20-22,24-35,38-39,42,45-48H,4-17H2,1-3H3,(H,40,49)(H,41,43)(H,50,51)(H,52,53,54)(H,55,56,57)(H,58,59,60)/t18?,21?,22?,24-,25+,26+,27+,28?,29-,30+,31+,32?,33-,34+,35?,38-,39+/m1/s1. The minimum absolute atomic E-state index is 0.0186. The van der Waals surface area contributed by atoms with Crippen LogP contribution in [-0.4, -0.2) is 205 Å². The van der Waals surface area contributed by atoms with Gasteiger partial charge in [0.25, 0.3) is 5.91 Å². The van der Waals surface area contributed by atoms with Crippen LogP contribution in [0.5, 0.6) is 0 Å². The average Bonchev–Trinajstić information content (AvgIpc) is 3.27. The third-order valence-corrected chi connectivity index (χ3v) is 14.1. The lowest BCUT2D eigenvalue weighted by Gasteiger charge is -2.49. The Kier molecular flexibility index (Phi) is 22.9. The molecule has 0 aromatic heterocycles. The highest BCUT2D eigenvalue weighted by molar-refractivity contribution is 7.81. The van der Waals surface area contributed by atoms with Gasteiger partial charge in [-0.1, -0.05) is 45.4 Å². The predicted octanol–water partition coefficient (Wildman–Crippen LogP) is -2.93. The number of Topliss-reactive ketones (excluding diaryl/α,β-unsaturated/α-hetero) is 1. The molecule has 2 aliphatic carbocycles. The number of carbonyl (C=O) groups is 4. The summed E-state index contributed by atoms with van der Waals surface area (Å²) in [5.74, 6) is -5.73. The third-order valence-electron chi connectivity index (χ3n) is 12.8. The van der Waals surface area contributed by atoms with Crippen molar-refractivity contribution in [3.05, 3.63) is 0 Å². The van der Waals surface area contributed by atoms with Gasteiger partial charge in [-0.15, -0.1) is 0 Å². The minimum atomic E-state index is -5.66. The third kappa shape index (κ3) is 18.6. The van der Waals surface area contributed by atoms with Crippen molar-refractivity contribution in [2.45, 2.75) is 183 Å². The number of aliphatic hydroxyl groups excluding tert-OH is 5. The quantitative estimate of drug-likeness (QED) is 0.0305. The second kappa shape index (κ2) is 26.7. The van der Waals surface area contributed by atoms with Gasteiger partial charge in [0, 0.05) is 25.8 Å². The molecule has 6 unspecified atom stereocenters. The largest absolute Gasteiger partial charge is 0.479 e. The molecule has 4 rings (SSSR count). The topological polar surface area (TPSA) is 451 Å². The maximum absolute atomic E-state index is 14.0. The molecule has 0 bridgehead atoms. The fourth-order valence-electron chi connectivity index (χ4n) is 9.28. The van der Waals surface area contributed by atoms with Crippen LogP contribution < -0.4 is 10.6 Å². The zero-order valence-corrected chi connectivity index (χ0v) is 41.3. The highest BCUT2D eigenvalue weighted by Gasteiger charge is 2.53. The number of ether oxygens (including phenoxy) is 5. The van der Waals surface area contributed by atoms with Gasteiger partial charge in [-0.3, -0.25) is 28.0 Å². The lowest BCUT2D eigenvalue weighted by molar-refractivity contribution is -0.338. The summed E-state index contributed by atoms with van der Waals surface area (Å²) in [7, 11) is -16.7. The number of ketones is 1. The van der Waals surface area contributed by atoms with Crippen molar-refractivity contribution in [1.82, 2.24) is 10.6 Å². The molecule has 2 heterocycles. The molecule has 412 valence electrons. The summed E-state index contributed by atoms with van der Waals surface area (Å²) < 4.78 is 139. The van der Waals surface area contributed by atoms with Crippen molar-refractivity contribution >= 4 is 54.8 Å². The first-order valence-corrected chi connectivity index (χ1v) is 27.0. The van der Waals surface area contributed by atoms with Crippen LogP contribution in [-0.2, 0) is 86.6 Å². The molecule has 17 atom stereocenters. The fraction of sp³-hybridized carbons (Fsp3) is 0.897. The monoisotopic (exact) mass is 1090 g/mol. The first-order valence-electron chi connectivity index (χ1n) is 22.9. The van der Waals surface area contributed by atoms with E-state index in [4.69, 9.17) is 32.8 Å². The molecule has 71 heavy (non-hydrogen) atoms. The normalized spacial score (nSPS) is 33.6. The number of carboxylic acid groups (broad SMARTS) is 1. The zero-order chi connectivity index (χ0) is 53.2. The highest BCUT2D eigenvalue weighted by atomic mass is 32.3. The Morgan fingerprint density at radius 1 is 0.789 bits per heavy atom. The number of carboxylic acids is 1. The number of aliphatic hydroxyl groups is 5. The molecule has 29 nitrogen and oxygen atoms in total. The van der Waals surface area contributed by atoms with Gasteiger partial charge in [0.05, 0.1) is 31.5 Å². The van der Waals surface area contributed by atoms with Crippen LogP contribution in [0.25, 0.3) is 0 Å². The number of aliphatic carboxylic acids is 1. The zero-order valence-electron chi connectivity index (χ0n) is 38.9. The van der Waals surface area contributed by atoms with Gasteiger partial charge in [-0.25, -0.2) is 17.3 Å². The lowest BCUT2D eigenvalue weighted by Crippen LogP contribution is -2.67. The minimum Gasteiger partial charge on any atom is -0.479 e. The molecular weight excluding hydrogens is 1020 g/mol. The van der Waals surface area contributed by atoms with E-state index in [0.717, 1.165) is 39.0 Å². The van der Waals surface area contributed by atoms with E-state index in [1.165, 1.54) is 6.92 Å². The van der Waals surface area contributed by atoms with E-state index in [1.54, 1.807) is 6.92 Å². The number of nitrogens with one attached hydrogen (secondary N) is 2. The van der Waals surface area contributed by atoms with Crippen molar-refractivity contribution in [2.24, 2.45) is 17.8 Å². The molecule has 2 amide bonds. The summed E-state index contributed by atoms with van der Waals surface area (Å²) in [4.78, 5) is 52.5. The van der Waals surface area contributed by atoms with E-state index in [2.05, 4.69) is 23.2 Å². The Hall–Kier alpha value is -2.71. The van der Waals surface area contributed by atoms with E-state index in [-0.39, 0.29) is 44.4 Å². The second-order valence-corrected chi connectivity index (χ2v) is 21.2. The molecule has 0 aromatic rings. The predicted molar refractivity (Wildman–Crippen MR) is 233 cm³/mol. The smallest absolute Gasteiger partial charge is 0.398 e. The second-order valence-electron chi connectivity index (χ2n) is 18.0. The lowest BCUT2D eigenvalue weighted by atomic mass is 9.74. The van der Waals surface area contributed by atoms with Gasteiger partial charge in [-0.05, 0) is 44.4 Å². The molecule has 4 fully saturated rings. The Bertz CT molecular complexity index is 2110. The molecule has 2 saturated carbocycles. The van der Waals surface area contributed by atoms with Gasteiger partial charge >= 0.3 is 37.2 Å². The SMILES string of the molecule is CCC1CC(C(=O)CCCNC(=O)[C@@H](OS(=O)(=O)O)[C@H](COS(=O)(=O)O)OS(=O)(=O)O)C[C@@H](O[C@@H]2O[C@@H](CO)[C@H](O)C(O[C@@H](CC3CCCCC3)C(=O)O)C2NC(C)=O)[C@@H]1O[C@@H]1OC(C)[C@@H](O)[C@H](O)C1O. The first kappa shape index (κ1) is 60.8. The summed E-state index contributed by atoms with van der Waals surface area (Å²) in [6.07, 6.45) is -19.7. The summed E-state index contributed by atoms with van der Waals surface area (Å²) >= 11 is 0.